The molecule has 1 aromatic carbocycles. The van der Waals surface area contributed by atoms with Crippen molar-refractivity contribution in [1.29, 1.82) is 0 Å². The Bertz CT molecular complexity index is 959. The van der Waals surface area contributed by atoms with Gasteiger partial charge < -0.3 is 14.8 Å². The van der Waals surface area contributed by atoms with Gasteiger partial charge in [0, 0.05) is 14.7 Å². The number of likely N-dealkylation sites (tertiary alicyclic amines) is 1. The van der Waals surface area contributed by atoms with Crippen molar-refractivity contribution in [3.63, 3.8) is 0 Å². The third-order valence-electron chi connectivity index (χ3n) is 6.53. The Labute approximate surface area is 206 Å². The zero-order valence-corrected chi connectivity index (χ0v) is 21.1. The van der Waals surface area contributed by atoms with Gasteiger partial charge in [0.1, 0.15) is 11.8 Å². The number of ether oxygens (including phenoxy) is 2. The maximum absolute atomic E-state index is 13.0. The van der Waals surface area contributed by atoms with Crippen LogP contribution in [0.2, 0.25) is 5.02 Å². The molecule has 2 bridgehead atoms. The lowest BCUT2D eigenvalue weighted by Gasteiger charge is -2.28. The molecule has 3 amide bonds. The summed E-state index contributed by atoms with van der Waals surface area (Å²) in [5.41, 5.74) is 0.330. The molecular formula is C21H21Br2ClN2O6. The summed E-state index contributed by atoms with van der Waals surface area (Å²) >= 11 is 13.2. The van der Waals surface area contributed by atoms with Gasteiger partial charge in [-0.3, -0.25) is 19.3 Å². The number of methoxy groups -OCH3 is 1. The van der Waals surface area contributed by atoms with E-state index in [-0.39, 0.29) is 33.3 Å². The van der Waals surface area contributed by atoms with Gasteiger partial charge >= 0.3 is 5.97 Å². The second kappa shape index (κ2) is 8.95. The van der Waals surface area contributed by atoms with Crippen molar-refractivity contribution in [3.8, 4) is 5.75 Å². The van der Waals surface area contributed by atoms with Crippen LogP contribution in [0.3, 0.4) is 0 Å². The molecule has 1 aliphatic heterocycles. The first-order valence-corrected chi connectivity index (χ1v) is 12.3. The van der Waals surface area contributed by atoms with Gasteiger partial charge in [0.2, 0.25) is 11.8 Å². The van der Waals surface area contributed by atoms with Crippen LogP contribution in [-0.2, 0) is 23.9 Å². The van der Waals surface area contributed by atoms with Crippen LogP contribution >= 0.6 is 43.5 Å². The molecule has 0 aromatic heterocycles. The van der Waals surface area contributed by atoms with Crippen molar-refractivity contribution in [2.45, 2.75) is 29.0 Å². The number of nitrogens with one attached hydrogen (secondary N) is 1. The first-order valence-electron chi connectivity index (χ1n) is 10.1. The zero-order valence-electron chi connectivity index (χ0n) is 17.2. The zero-order chi connectivity index (χ0) is 23.3. The molecule has 1 saturated heterocycles. The summed E-state index contributed by atoms with van der Waals surface area (Å²) in [6.45, 7) is 0.857. The molecule has 1 N–H and O–H groups in total. The fraction of sp³-hybridized carbons (Fsp3) is 0.524. The van der Waals surface area contributed by atoms with Gasteiger partial charge in [-0.2, -0.15) is 0 Å². The van der Waals surface area contributed by atoms with E-state index in [1.807, 2.05) is 0 Å². The summed E-state index contributed by atoms with van der Waals surface area (Å²) in [6, 6.07) is 3.59. The van der Waals surface area contributed by atoms with Gasteiger partial charge in [0.05, 0.1) is 24.6 Å². The number of anilines is 1. The largest absolute Gasteiger partial charge is 0.495 e. The lowest BCUT2D eigenvalue weighted by Crippen LogP contribution is -2.45. The summed E-state index contributed by atoms with van der Waals surface area (Å²) in [5, 5.41) is 2.96. The fourth-order valence-corrected chi connectivity index (χ4v) is 7.13. The molecule has 172 valence electrons. The summed E-state index contributed by atoms with van der Waals surface area (Å²) in [4.78, 5) is 52.1. The number of amides is 3. The van der Waals surface area contributed by atoms with Crippen LogP contribution in [0.1, 0.15) is 13.3 Å². The SMILES string of the molecule is COc1ccc(Cl)cc1NC(=O)COC(=O)[C@H](C)N1C(=O)[C@@H]2[C@H]3C[C@@H]([C@H](Br)[C@@H]3Br)[C@@H]2C1=O. The molecular weight excluding hydrogens is 572 g/mol. The van der Waals surface area contributed by atoms with E-state index >= 15 is 0 Å². The number of esters is 1. The minimum absolute atomic E-state index is 0.0532. The predicted octanol–water partition coefficient (Wildman–Crippen LogP) is 3.00. The number of carbonyl (C=O) groups is 4. The Kier molecular flexibility index (Phi) is 6.57. The number of alkyl halides is 2. The lowest BCUT2D eigenvalue weighted by molar-refractivity contribution is -0.159. The molecule has 2 aliphatic carbocycles. The molecule has 2 saturated carbocycles. The van der Waals surface area contributed by atoms with E-state index in [1.165, 1.54) is 20.1 Å². The molecule has 0 unspecified atom stereocenters. The van der Waals surface area contributed by atoms with E-state index < -0.39 is 36.4 Å². The highest BCUT2D eigenvalue weighted by atomic mass is 79.9. The first-order chi connectivity index (χ1) is 15.1. The highest BCUT2D eigenvalue weighted by molar-refractivity contribution is 9.12. The monoisotopic (exact) mass is 590 g/mol. The Morgan fingerprint density at radius 3 is 2.34 bits per heavy atom. The van der Waals surface area contributed by atoms with Gasteiger partial charge in [-0.25, -0.2) is 4.79 Å². The second-order valence-corrected chi connectivity index (χ2v) is 10.8. The Balaban J connectivity index is 1.37. The van der Waals surface area contributed by atoms with Crippen LogP contribution in [-0.4, -0.2) is 58.0 Å². The van der Waals surface area contributed by atoms with Crippen molar-refractivity contribution in [3.05, 3.63) is 23.2 Å². The van der Waals surface area contributed by atoms with E-state index in [0.717, 1.165) is 11.3 Å². The molecule has 4 rings (SSSR count). The number of hydrogen-bond donors (Lipinski definition) is 1. The normalized spacial score (nSPS) is 31.5. The van der Waals surface area contributed by atoms with Gasteiger partial charge in [0.15, 0.2) is 6.61 Å². The average molecular weight is 593 g/mol. The van der Waals surface area contributed by atoms with Crippen LogP contribution < -0.4 is 10.1 Å². The van der Waals surface area contributed by atoms with Crippen molar-refractivity contribution in [2.24, 2.45) is 23.7 Å². The van der Waals surface area contributed by atoms with Crippen LogP contribution in [0.4, 0.5) is 5.69 Å². The van der Waals surface area contributed by atoms with Crippen molar-refractivity contribution >= 4 is 72.8 Å². The number of carbonyl (C=O) groups excluding carboxylic acids is 4. The number of nitrogens with zero attached hydrogens (tertiary/aromatic N) is 1. The third-order valence-corrected chi connectivity index (χ3v) is 9.97. The maximum Gasteiger partial charge on any atom is 0.329 e. The van der Waals surface area contributed by atoms with E-state index in [0.29, 0.717) is 16.5 Å². The lowest BCUT2D eigenvalue weighted by atomic mass is 9.81. The van der Waals surface area contributed by atoms with Crippen LogP contribution in [0.5, 0.6) is 5.75 Å². The predicted molar refractivity (Wildman–Crippen MR) is 123 cm³/mol. The minimum atomic E-state index is -1.11. The highest BCUT2D eigenvalue weighted by Crippen LogP contribution is 2.60. The minimum Gasteiger partial charge on any atom is -0.495 e. The number of benzene rings is 1. The molecule has 3 fully saturated rings. The Morgan fingerprint density at radius 2 is 1.78 bits per heavy atom. The smallest absolute Gasteiger partial charge is 0.329 e. The van der Waals surface area contributed by atoms with Gasteiger partial charge in [0.25, 0.3) is 5.91 Å². The first kappa shape index (κ1) is 23.5. The maximum atomic E-state index is 13.0. The fourth-order valence-electron chi connectivity index (χ4n) is 5.08. The molecule has 8 nitrogen and oxygen atoms in total. The summed E-state index contributed by atoms with van der Waals surface area (Å²) in [6.07, 6.45) is 0.804. The summed E-state index contributed by atoms with van der Waals surface area (Å²) in [7, 11) is 1.45. The van der Waals surface area contributed by atoms with E-state index in [1.54, 1.807) is 12.1 Å². The number of imide groups is 1. The number of fused-ring (bicyclic) bond motifs is 5. The molecule has 3 aliphatic rings. The van der Waals surface area contributed by atoms with Crippen LogP contribution in [0.15, 0.2) is 18.2 Å². The topological polar surface area (TPSA) is 102 Å². The molecule has 32 heavy (non-hydrogen) atoms. The molecule has 7 atom stereocenters. The highest BCUT2D eigenvalue weighted by Gasteiger charge is 2.67. The summed E-state index contributed by atoms with van der Waals surface area (Å²) in [5.74, 6) is -2.44. The number of halogens is 3. The van der Waals surface area contributed by atoms with E-state index in [2.05, 4.69) is 37.2 Å². The summed E-state index contributed by atoms with van der Waals surface area (Å²) < 4.78 is 10.3. The number of hydrogen-bond acceptors (Lipinski definition) is 6. The Hall–Kier alpha value is -1.65. The Morgan fingerprint density at radius 1 is 1.19 bits per heavy atom. The van der Waals surface area contributed by atoms with Gasteiger partial charge in [-0.1, -0.05) is 43.5 Å². The average Bonchev–Trinajstić information content (AvgIpc) is 3.36. The number of rotatable bonds is 6. The van der Waals surface area contributed by atoms with Crippen LogP contribution in [0, 0.1) is 23.7 Å². The van der Waals surface area contributed by atoms with E-state index in [9.17, 15) is 19.2 Å². The molecule has 0 radical (unpaired) electrons. The molecule has 1 aromatic rings. The van der Waals surface area contributed by atoms with Crippen LogP contribution in [0.25, 0.3) is 0 Å². The van der Waals surface area contributed by atoms with Crippen molar-refractivity contribution in [2.75, 3.05) is 19.0 Å². The third kappa shape index (κ3) is 3.84. The molecule has 0 spiro atoms. The second-order valence-electron chi connectivity index (χ2n) is 8.23. The van der Waals surface area contributed by atoms with Gasteiger partial charge in [-0.15, -0.1) is 0 Å². The van der Waals surface area contributed by atoms with Gasteiger partial charge in [-0.05, 0) is 43.4 Å². The molecule has 11 heteroatoms. The van der Waals surface area contributed by atoms with Crippen molar-refractivity contribution in [1.82, 2.24) is 4.90 Å². The van der Waals surface area contributed by atoms with Crippen molar-refractivity contribution < 1.29 is 28.7 Å². The molecule has 1 heterocycles. The standard InChI is InChI=1S/C21H21Br2ClN2O6/c1-8(21(30)32-7-14(27)25-12-5-9(24)3-4-13(12)31-2)26-19(28)15-10-6-11(16(15)20(26)29)18(23)17(10)22/h3-5,8,10-11,15-18H,6-7H2,1-2H3,(H,25,27)/t8-,10+,11+,15-,16+,17-,18+/m0/s1. The quantitative estimate of drug-likeness (QED) is 0.310. The van der Waals surface area contributed by atoms with E-state index in [4.69, 9.17) is 21.1 Å².